The first-order valence-electron chi connectivity index (χ1n) is 4.93. The molecule has 0 spiro atoms. The zero-order valence-electron chi connectivity index (χ0n) is 9.12. The van der Waals surface area contributed by atoms with E-state index in [1.54, 1.807) is 0 Å². The molecule has 0 bridgehead atoms. The van der Waals surface area contributed by atoms with Gasteiger partial charge in [0.1, 0.15) is 17.3 Å². The van der Waals surface area contributed by atoms with Crippen molar-refractivity contribution in [1.82, 2.24) is 9.55 Å². The van der Waals surface area contributed by atoms with Gasteiger partial charge in [-0.15, -0.1) is 6.42 Å². The number of halogens is 3. The number of hydrogen-bond acceptors (Lipinski definition) is 2. The third-order valence-electron chi connectivity index (χ3n) is 2.40. The van der Waals surface area contributed by atoms with E-state index in [0.29, 0.717) is 12.1 Å². The van der Waals surface area contributed by atoms with Crippen molar-refractivity contribution in [3.63, 3.8) is 0 Å². The smallest absolute Gasteiger partial charge is 0.161 e. The minimum absolute atomic E-state index is 0.0293. The van der Waals surface area contributed by atoms with Gasteiger partial charge in [-0.05, 0) is 6.07 Å². The number of nitrogens with two attached hydrogens (primary N) is 1. The quantitative estimate of drug-likeness (QED) is 0.656. The molecular formula is C12H8F3N3. The van der Waals surface area contributed by atoms with Crippen molar-refractivity contribution in [2.24, 2.45) is 0 Å². The number of terminal acetylenes is 1. The Morgan fingerprint density at radius 2 is 1.89 bits per heavy atom. The molecule has 2 N–H and O–H groups in total. The van der Waals surface area contributed by atoms with Crippen LogP contribution < -0.4 is 5.73 Å². The van der Waals surface area contributed by atoms with E-state index < -0.39 is 17.5 Å². The average molecular weight is 251 g/mol. The van der Waals surface area contributed by atoms with Crippen LogP contribution in [-0.4, -0.2) is 9.55 Å². The van der Waals surface area contributed by atoms with Crippen LogP contribution in [0.1, 0.15) is 0 Å². The van der Waals surface area contributed by atoms with Crippen molar-refractivity contribution in [2.45, 2.75) is 6.54 Å². The van der Waals surface area contributed by atoms with Crippen LogP contribution in [0.3, 0.4) is 0 Å². The van der Waals surface area contributed by atoms with Gasteiger partial charge < -0.3 is 10.3 Å². The third-order valence-corrected chi connectivity index (χ3v) is 2.40. The number of nitrogens with zero attached hydrogens (tertiary/aromatic N) is 2. The summed E-state index contributed by atoms with van der Waals surface area (Å²) in [5.74, 6) is -0.938. The first kappa shape index (κ1) is 12.0. The van der Waals surface area contributed by atoms with Crippen LogP contribution in [0.25, 0.3) is 11.3 Å². The molecule has 1 heterocycles. The minimum atomic E-state index is -1.27. The van der Waals surface area contributed by atoms with Gasteiger partial charge in [-0.2, -0.15) is 0 Å². The van der Waals surface area contributed by atoms with Crippen molar-refractivity contribution < 1.29 is 13.2 Å². The van der Waals surface area contributed by atoms with E-state index in [4.69, 9.17) is 12.2 Å². The van der Waals surface area contributed by atoms with Crippen LogP contribution in [0.4, 0.5) is 19.0 Å². The number of rotatable bonds is 2. The Balaban J connectivity index is 2.56. The molecule has 0 saturated heterocycles. The molecular weight excluding hydrogens is 243 g/mol. The van der Waals surface area contributed by atoms with E-state index in [1.807, 2.05) is 0 Å². The number of benzene rings is 1. The maximum Gasteiger partial charge on any atom is 0.161 e. The molecule has 0 unspecified atom stereocenters. The minimum Gasteiger partial charge on any atom is -0.383 e. The van der Waals surface area contributed by atoms with Crippen LogP contribution in [-0.2, 0) is 6.54 Å². The maximum absolute atomic E-state index is 13.5. The Morgan fingerprint density at radius 1 is 1.22 bits per heavy atom. The molecule has 3 nitrogen and oxygen atoms in total. The van der Waals surface area contributed by atoms with Crippen LogP contribution in [0.2, 0.25) is 0 Å². The molecule has 92 valence electrons. The summed E-state index contributed by atoms with van der Waals surface area (Å²) in [6.07, 6.45) is 6.42. The van der Waals surface area contributed by atoms with Gasteiger partial charge in [-0.1, -0.05) is 5.92 Å². The lowest BCUT2D eigenvalue weighted by Gasteiger charge is -2.04. The average Bonchev–Trinajstić information content (AvgIpc) is 2.67. The molecule has 0 aliphatic heterocycles. The van der Waals surface area contributed by atoms with Gasteiger partial charge in [-0.25, -0.2) is 18.2 Å². The second-order valence-electron chi connectivity index (χ2n) is 3.56. The normalized spacial score (nSPS) is 10.3. The van der Waals surface area contributed by atoms with Gasteiger partial charge in [0.05, 0.1) is 12.9 Å². The fraction of sp³-hybridized carbons (Fsp3) is 0.0833. The Kier molecular flexibility index (Phi) is 2.98. The molecule has 0 amide bonds. The van der Waals surface area contributed by atoms with Gasteiger partial charge in [0.2, 0.25) is 0 Å². The summed E-state index contributed by atoms with van der Waals surface area (Å²) in [4.78, 5) is 3.85. The monoisotopic (exact) mass is 251 g/mol. The fourth-order valence-corrected chi connectivity index (χ4v) is 1.53. The molecule has 1 aromatic carbocycles. The van der Waals surface area contributed by atoms with E-state index in [2.05, 4.69) is 10.9 Å². The molecule has 2 aromatic rings. The molecule has 0 saturated carbocycles. The fourth-order valence-electron chi connectivity index (χ4n) is 1.53. The van der Waals surface area contributed by atoms with Crippen LogP contribution in [0, 0.1) is 29.8 Å². The summed E-state index contributed by atoms with van der Waals surface area (Å²) in [5.41, 5.74) is 5.52. The van der Waals surface area contributed by atoms with Crippen LogP contribution in [0.15, 0.2) is 18.5 Å². The lowest BCUT2D eigenvalue weighted by Crippen LogP contribution is -2.01. The largest absolute Gasteiger partial charge is 0.383 e. The molecule has 0 aliphatic carbocycles. The van der Waals surface area contributed by atoms with E-state index in [-0.39, 0.29) is 23.6 Å². The summed E-state index contributed by atoms with van der Waals surface area (Å²) in [5, 5.41) is 0. The number of hydrogen-bond donors (Lipinski definition) is 1. The summed E-state index contributed by atoms with van der Waals surface area (Å²) in [6, 6.07) is 1.16. The highest BCUT2D eigenvalue weighted by Gasteiger charge is 2.17. The Labute approximate surface area is 101 Å². The standard InChI is InChI=1S/C12H8F3N3/c1-2-3-18-6-17-11(12(18)16)7-4-9(14)10(15)5-8(7)13/h1,4-6H,3,16H2. The molecule has 0 atom stereocenters. The summed E-state index contributed by atoms with van der Waals surface area (Å²) >= 11 is 0. The highest BCUT2D eigenvalue weighted by molar-refractivity contribution is 5.71. The van der Waals surface area contributed by atoms with Crippen molar-refractivity contribution in [1.29, 1.82) is 0 Å². The van der Waals surface area contributed by atoms with Gasteiger partial charge in [0.15, 0.2) is 11.6 Å². The van der Waals surface area contributed by atoms with Gasteiger partial charge in [0, 0.05) is 11.6 Å². The predicted octanol–water partition coefficient (Wildman–Crippen LogP) is 2.18. The van der Waals surface area contributed by atoms with Gasteiger partial charge in [0.25, 0.3) is 0 Å². The number of anilines is 1. The van der Waals surface area contributed by atoms with E-state index >= 15 is 0 Å². The highest BCUT2D eigenvalue weighted by atomic mass is 19.2. The molecule has 6 heteroatoms. The lowest BCUT2D eigenvalue weighted by molar-refractivity contribution is 0.496. The maximum atomic E-state index is 13.5. The van der Waals surface area contributed by atoms with E-state index in [1.165, 1.54) is 10.9 Å². The highest BCUT2D eigenvalue weighted by Crippen LogP contribution is 2.28. The van der Waals surface area contributed by atoms with Crippen molar-refractivity contribution in [3.05, 3.63) is 35.9 Å². The lowest BCUT2D eigenvalue weighted by atomic mass is 10.1. The SMILES string of the molecule is C#CCn1cnc(-c2cc(F)c(F)cc2F)c1N. The molecule has 0 radical (unpaired) electrons. The van der Waals surface area contributed by atoms with Crippen molar-refractivity contribution in [2.75, 3.05) is 5.73 Å². The van der Waals surface area contributed by atoms with Crippen molar-refractivity contribution in [3.8, 4) is 23.6 Å². The Hall–Kier alpha value is -2.42. The van der Waals surface area contributed by atoms with E-state index in [0.717, 1.165) is 0 Å². The first-order chi connectivity index (χ1) is 8.54. The van der Waals surface area contributed by atoms with Gasteiger partial charge in [-0.3, -0.25) is 0 Å². The Bertz CT molecular complexity index is 641. The Morgan fingerprint density at radius 3 is 2.56 bits per heavy atom. The van der Waals surface area contributed by atoms with E-state index in [9.17, 15) is 13.2 Å². The van der Waals surface area contributed by atoms with Crippen molar-refractivity contribution >= 4 is 5.82 Å². The number of nitrogen functional groups attached to an aromatic ring is 1. The zero-order valence-corrected chi connectivity index (χ0v) is 9.12. The summed E-state index contributed by atoms with van der Waals surface area (Å²) < 4.78 is 40.8. The molecule has 0 aliphatic rings. The van der Waals surface area contributed by atoms with Crippen LogP contribution >= 0.6 is 0 Å². The first-order valence-corrected chi connectivity index (χ1v) is 4.93. The van der Waals surface area contributed by atoms with Crippen LogP contribution in [0.5, 0.6) is 0 Å². The zero-order chi connectivity index (χ0) is 13.3. The molecule has 0 fully saturated rings. The second kappa shape index (κ2) is 4.45. The molecule has 18 heavy (non-hydrogen) atoms. The molecule has 2 rings (SSSR count). The van der Waals surface area contributed by atoms with Gasteiger partial charge >= 0.3 is 0 Å². The number of aromatic nitrogens is 2. The number of imidazole rings is 1. The summed E-state index contributed by atoms with van der Waals surface area (Å²) in [7, 11) is 0. The summed E-state index contributed by atoms with van der Waals surface area (Å²) in [6.45, 7) is 0.157. The predicted molar refractivity (Wildman–Crippen MR) is 60.8 cm³/mol. The molecule has 1 aromatic heterocycles. The topological polar surface area (TPSA) is 43.8 Å². The second-order valence-corrected chi connectivity index (χ2v) is 3.56. The third kappa shape index (κ3) is 1.91.